The van der Waals surface area contributed by atoms with Gasteiger partial charge in [-0.15, -0.1) is 0 Å². The van der Waals surface area contributed by atoms with E-state index >= 15 is 0 Å². The average Bonchev–Trinajstić information content (AvgIpc) is 2.34. The van der Waals surface area contributed by atoms with Crippen molar-refractivity contribution in [2.75, 3.05) is 0 Å². The zero-order chi connectivity index (χ0) is 7.84. The number of aryl methyl sites for hydroxylation is 1. The number of hydrogen-bond acceptors (Lipinski definition) is 2. The standard InChI is InChI=1S/C8H6ClNO/c1-5-2-6(9)8-7(3-5)11-4-10-8/h2-4H,1H3. The first-order valence-electron chi connectivity index (χ1n) is 3.27. The number of oxazole rings is 1. The second kappa shape index (κ2) is 2.24. The van der Waals surface area contributed by atoms with Gasteiger partial charge in [0.25, 0.3) is 0 Å². The molecule has 0 aliphatic heterocycles. The third-order valence-electron chi connectivity index (χ3n) is 1.53. The molecule has 0 aliphatic carbocycles. The Balaban J connectivity index is 2.91. The van der Waals surface area contributed by atoms with Crippen molar-refractivity contribution in [3.63, 3.8) is 0 Å². The minimum Gasteiger partial charge on any atom is -0.443 e. The Bertz CT molecular complexity index is 394. The van der Waals surface area contributed by atoms with Gasteiger partial charge in [0.05, 0.1) is 5.02 Å². The van der Waals surface area contributed by atoms with E-state index in [1.807, 2.05) is 19.1 Å². The molecule has 0 radical (unpaired) electrons. The lowest BCUT2D eigenvalue weighted by atomic mass is 10.2. The zero-order valence-corrected chi connectivity index (χ0v) is 6.72. The van der Waals surface area contributed by atoms with Crippen LogP contribution in [0.3, 0.4) is 0 Å². The summed E-state index contributed by atoms with van der Waals surface area (Å²) in [6.45, 7) is 1.97. The van der Waals surface area contributed by atoms with Gasteiger partial charge in [0.1, 0.15) is 5.52 Å². The molecule has 2 rings (SSSR count). The SMILES string of the molecule is Cc1cc(Cl)c2ncoc2c1. The highest BCUT2D eigenvalue weighted by Crippen LogP contribution is 2.23. The fourth-order valence-corrected chi connectivity index (χ4v) is 1.37. The second-order valence-electron chi connectivity index (χ2n) is 2.45. The number of fused-ring (bicyclic) bond motifs is 1. The molecule has 0 unspecified atom stereocenters. The molecule has 3 heteroatoms. The molecule has 0 saturated heterocycles. The first-order chi connectivity index (χ1) is 5.27. The Morgan fingerprint density at radius 1 is 1.45 bits per heavy atom. The number of halogens is 1. The molecule has 0 bridgehead atoms. The highest BCUT2D eigenvalue weighted by molar-refractivity contribution is 6.34. The van der Waals surface area contributed by atoms with E-state index in [0.29, 0.717) is 5.02 Å². The number of benzene rings is 1. The third kappa shape index (κ3) is 0.994. The van der Waals surface area contributed by atoms with Crippen molar-refractivity contribution in [3.8, 4) is 0 Å². The number of aromatic nitrogens is 1. The van der Waals surface area contributed by atoms with Crippen molar-refractivity contribution in [3.05, 3.63) is 29.1 Å². The van der Waals surface area contributed by atoms with Gasteiger partial charge in [0, 0.05) is 0 Å². The molecular formula is C8H6ClNO. The Morgan fingerprint density at radius 2 is 2.27 bits per heavy atom. The molecule has 0 N–H and O–H groups in total. The van der Waals surface area contributed by atoms with Crippen LogP contribution in [0, 0.1) is 6.92 Å². The van der Waals surface area contributed by atoms with Crippen LogP contribution in [-0.4, -0.2) is 4.98 Å². The van der Waals surface area contributed by atoms with E-state index in [-0.39, 0.29) is 0 Å². The summed E-state index contributed by atoms with van der Waals surface area (Å²) in [4.78, 5) is 3.96. The quantitative estimate of drug-likeness (QED) is 0.603. The number of hydrogen-bond donors (Lipinski definition) is 0. The summed E-state index contributed by atoms with van der Waals surface area (Å²) in [6, 6.07) is 3.78. The van der Waals surface area contributed by atoms with Gasteiger partial charge >= 0.3 is 0 Å². The summed E-state index contributed by atoms with van der Waals surface area (Å²) >= 11 is 5.88. The van der Waals surface area contributed by atoms with Crippen LogP contribution in [0.2, 0.25) is 5.02 Å². The average molecular weight is 168 g/mol. The fraction of sp³-hybridized carbons (Fsp3) is 0.125. The molecule has 1 heterocycles. The molecule has 0 aliphatic rings. The van der Waals surface area contributed by atoms with Crippen molar-refractivity contribution in [1.29, 1.82) is 0 Å². The van der Waals surface area contributed by atoms with E-state index in [9.17, 15) is 0 Å². The van der Waals surface area contributed by atoms with E-state index in [1.165, 1.54) is 6.39 Å². The lowest BCUT2D eigenvalue weighted by molar-refractivity contribution is 0.602. The van der Waals surface area contributed by atoms with E-state index in [1.54, 1.807) is 0 Å². The summed E-state index contributed by atoms with van der Waals surface area (Å²) in [5.41, 5.74) is 2.56. The topological polar surface area (TPSA) is 26.0 Å². The van der Waals surface area contributed by atoms with Crippen LogP contribution in [0.5, 0.6) is 0 Å². The molecule has 0 saturated carbocycles. The van der Waals surface area contributed by atoms with Crippen molar-refractivity contribution in [2.24, 2.45) is 0 Å². The van der Waals surface area contributed by atoms with Crippen LogP contribution in [0.1, 0.15) is 5.56 Å². The third-order valence-corrected chi connectivity index (χ3v) is 1.82. The van der Waals surface area contributed by atoms with Gasteiger partial charge in [-0.25, -0.2) is 4.98 Å². The molecule has 56 valence electrons. The predicted molar refractivity (Wildman–Crippen MR) is 43.8 cm³/mol. The monoisotopic (exact) mass is 167 g/mol. The first-order valence-corrected chi connectivity index (χ1v) is 3.64. The Kier molecular flexibility index (Phi) is 1.36. The van der Waals surface area contributed by atoms with Gasteiger partial charge in [-0.3, -0.25) is 0 Å². The predicted octanol–water partition coefficient (Wildman–Crippen LogP) is 2.79. The van der Waals surface area contributed by atoms with Crippen molar-refractivity contribution < 1.29 is 4.42 Å². The molecular weight excluding hydrogens is 162 g/mol. The highest BCUT2D eigenvalue weighted by Gasteiger charge is 2.02. The van der Waals surface area contributed by atoms with Crippen molar-refractivity contribution >= 4 is 22.7 Å². The van der Waals surface area contributed by atoms with Crippen LogP contribution in [-0.2, 0) is 0 Å². The molecule has 0 atom stereocenters. The Morgan fingerprint density at radius 3 is 3.09 bits per heavy atom. The van der Waals surface area contributed by atoms with Crippen LogP contribution < -0.4 is 0 Å². The summed E-state index contributed by atoms with van der Waals surface area (Å²) < 4.78 is 5.08. The largest absolute Gasteiger partial charge is 0.443 e. The molecule has 0 fully saturated rings. The van der Waals surface area contributed by atoms with E-state index in [0.717, 1.165) is 16.7 Å². The summed E-state index contributed by atoms with van der Waals surface area (Å²) in [7, 11) is 0. The zero-order valence-electron chi connectivity index (χ0n) is 5.97. The molecule has 1 aromatic carbocycles. The first kappa shape index (κ1) is 6.68. The van der Waals surface area contributed by atoms with Gasteiger partial charge in [-0.05, 0) is 24.6 Å². The van der Waals surface area contributed by atoms with E-state index in [2.05, 4.69) is 4.98 Å². The molecule has 2 aromatic rings. The van der Waals surface area contributed by atoms with Gasteiger partial charge in [-0.2, -0.15) is 0 Å². The smallest absolute Gasteiger partial charge is 0.182 e. The minimum atomic E-state index is 0.647. The lowest BCUT2D eigenvalue weighted by Crippen LogP contribution is -1.73. The maximum atomic E-state index is 5.88. The summed E-state index contributed by atoms with van der Waals surface area (Å²) in [6.07, 6.45) is 1.40. The van der Waals surface area contributed by atoms with Gasteiger partial charge < -0.3 is 4.42 Å². The Hall–Kier alpha value is -1.02. The number of nitrogens with zero attached hydrogens (tertiary/aromatic N) is 1. The Labute approximate surface area is 68.8 Å². The van der Waals surface area contributed by atoms with Gasteiger partial charge in [0.15, 0.2) is 12.0 Å². The van der Waals surface area contributed by atoms with Crippen LogP contribution in [0.4, 0.5) is 0 Å². The van der Waals surface area contributed by atoms with Crippen LogP contribution >= 0.6 is 11.6 Å². The molecule has 1 aromatic heterocycles. The fourth-order valence-electron chi connectivity index (χ4n) is 1.05. The highest BCUT2D eigenvalue weighted by atomic mass is 35.5. The molecule has 0 spiro atoms. The normalized spacial score (nSPS) is 10.7. The molecule has 0 amide bonds. The maximum Gasteiger partial charge on any atom is 0.182 e. The van der Waals surface area contributed by atoms with Gasteiger partial charge in [0.2, 0.25) is 0 Å². The lowest BCUT2D eigenvalue weighted by Gasteiger charge is -1.92. The second-order valence-corrected chi connectivity index (χ2v) is 2.85. The number of rotatable bonds is 0. The summed E-state index contributed by atoms with van der Waals surface area (Å²) in [5, 5.41) is 0.647. The summed E-state index contributed by atoms with van der Waals surface area (Å²) in [5.74, 6) is 0. The van der Waals surface area contributed by atoms with Gasteiger partial charge in [-0.1, -0.05) is 11.6 Å². The van der Waals surface area contributed by atoms with Crippen LogP contribution in [0.15, 0.2) is 22.9 Å². The van der Waals surface area contributed by atoms with E-state index in [4.69, 9.17) is 16.0 Å². The molecule has 11 heavy (non-hydrogen) atoms. The van der Waals surface area contributed by atoms with E-state index < -0.39 is 0 Å². The minimum absolute atomic E-state index is 0.647. The maximum absolute atomic E-state index is 5.88. The molecule has 2 nitrogen and oxygen atoms in total. The van der Waals surface area contributed by atoms with Crippen LogP contribution in [0.25, 0.3) is 11.1 Å². The van der Waals surface area contributed by atoms with Crippen molar-refractivity contribution in [1.82, 2.24) is 4.98 Å². The van der Waals surface area contributed by atoms with Crippen molar-refractivity contribution in [2.45, 2.75) is 6.92 Å².